The van der Waals surface area contributed by atoms with Crippen molar-refractivity contribution < 1.29 is 50.0 Å². The number of amides is 1. The van der Waals surface area contributed by atoms with E-state index in [-0.39, 0.29) is 12.8 Å². The van der Waals surface area contributed by atoms with Crippen LogP contribution in [0.4, 0.5) is 0 Å². The van der Waals surface area contributed by atoms with Crippen LogP contribution in [0.2, 0.25) is 0 Å². The maximum absolute atomic E-state index is 13.1. The van der Waals surface area contributed by atoms with E-state index in [1.54, 1.807) is 0 Å². The van der Waals surface area contributed by atoms with Crippen LogP contribution in [0.25, 0.3) is 0 Å². The largest absolute Gasteiger partial charge is 0.394 e. The molecule has 9 unspecified atom stereocenters. The predicted octanol–water partition coefficient (Wildman–Crippen LogP) is 9.17. The lowest BCUT2D eigenvalue weighted by molar-refractivity contribution is -0.303. The number of unbranched alkanes of at least 4 members (excludes halogenated alkanes) is 24. The number of hydrogen-bond acceptors (Lipinski definition) is 10. The molecule has 0 aromatic rings. The molecule has 11 heteroatoms. The summed E-state index contributed by atoms with van der Waals surface area (Å²) in [7, 11) is 0. The zero-order valence-electron chi connectivity index (χ0n) is 39.4. The predicted molar refractivity (Wildman–Crippen MR) is 252 cm³/mol. The van der Waals surface area contributed by atoms with Gasteiger partial charge in [-0.2, -0.15) is 0 Å². The Morgan fingerprint density at radius 1 is 0.548 bits per heavy atom. The van der Waals surface area contributed by atoms with Crippen LogP contribution in [0, 0.1) is 0 Å². The van der Waals surface area contributed by atoms with Gasteiger partial charge in [-0.1, -0.05) is 185 Å². The Morgan fingerprint density at radius 2 is 0.968 bits per heavy atom. The minimum atomic E-state index is -1.67. The second-order valence-corrected chi connectivity index (χ2v) is 17.9. The lowest BCUT2D eigenvalue weighted by Crippen LogP contribution is -2.60. The van der Waals surface area contributed by atoms with Gasteiger partial charge < -0.3 is 50.5 Å². The molecule has 0 bridgehead atoms. The average Bonchev–Trinajstić information content (AvgIpc) is 3.27. The van der Waals surface area contributed by atoms with Gasteiger partial charge in [0, 0.05) is 0 Å². The number of hydrogen-bond donors (Lipinski definition) is 8. The zero-order valence-corrected chi connectivity index (χ0v) is 39.4. The van der Waals surface area contributed by atoms with Gasteiger partial charge in [-0.3, -0.25) is 4.79 Å². The van der Waals surface area contributed by atoms with Gasteiger partial charge in [0.05, 0.1) is 25.4 Å². The van der Waals surface area contributed by atoms with Crippen molar-refractivity contribution in [2.45, 2.75) is 268 Å². The number of ether oxygens (including phenoxy) is 2. The molecular formula is C51H95NO10. The Morgan fingerprint density at radius 3 is 1.44 bits per heavy atom. The lowest BCUT2D eigenvalue weighted by atomic mass is 9.98. The third kappa shape index (κ3) is 29.7. The number of rotatable bonds is 42. The Balaban J connectivity index is 2.44. The van der Waals surface area contributed by atoms with E-state index in [1.807, 2.05) is 0 Å². The molecule has 364 valence electrons. The molecule has 1 fully saturated rings. The Bertz CT molecular complexity index is 1100. The first-order valence-electron chi connectivity index (χ1n) is 25.4. The maximum atomic E-state index is 13.1. The van der Waals surface area contributed by atoms with Gasteiger partial charge in [-0.15, -0.1) is 0 Å². The second kappa shape index (κ2) is 40.8. The first-order valence-corrected chi connectivity index (χ1v) is 25.4. The summed E-state index contributed by atoms with van der Waals surface area (Å²) < 4.78 is 11.1. The molecule has 1 heterocycles. The number of allylic oxidation sites excluding steroid dienone is 6. The standard InChI is InChI=1S/C51H95NO10/c1-3-5-7-9-11-13-15-17-19-20-21-22-23-24-25-27-28-30-32-34-36-38-43(54)46(56)42(41-61-51-49(59)48(58)47(57)45(40-53)62-51)52-50(60)44(55)39-37-35-33-31-29-26-18-16-14-12-10-8-6-4-2/h20-21,24-25,30,32,42-49,51,53-59H,3-19,22-23,26-29,31,33-41H2,1-2H3,(H,52,60)/b21-20+,25-24+,32-30+. The first kappa shape index (κ1) is 58.3. The smallest absolute Gasteiger partial charge is 0.249 e. The minimum Gasteiger partial charge on any atom is -0.394 e. The molecular weight excluding hydrogens is 787 g/mol. The summed E-state index contributed by atoms with van der Waals surface area (Å²) in [6.07, 6.45) is 36.2. The summed E-state index contributed by atoms with van der Waals surface area (Å²) in [6, 6.07) is -1.19. The normalized spacial score (nSPS) is 21.6. The van der Waals surface area contributed by atoms with Gasteiger partial charge in [0.25, 0.3) is 0 Å². The van der Waals surface area contributed by atoms with Crippen LogP contribution < -0.4 is 5.32 Å². The molecule has 1 aliphatic heterocycles. The van der Waals surface area contributed by atoms with E-state index in [0.717, 1.165) is 44.9 Å². The van der Waals surface area contributed by atoms with Crippen molar-refractivity contribution in [3.8, 4) is 0 Å². The highest BCUT2D eigenvalue weighted by Crippen LogP contribution is 2.23. The lowest BCUT2D eigenvalue weighted by Gasteiger charge is -2.40. The maximum Gasteiger partial charge on any atom is 0.249 e. The topological polar surface area (TPSA) is 189 Å². The molecule has 0 radical (unpaired) electrons. The summed E-state index contributed by atoms with van der Waals surface area (Å²) in [5.74, 6) is -0.712. The first-order chi connectivity index (χ1) is 30.2. The highest BCUT2D eigenvalue weighted by molar-refractivity contribution is 5.80. The molecule has 1 aliphatic rings. The van der Waals surface area contributed by atoms with E-state index in [0.29, 0.717) is 19.3 Å². The molecule has 1 saturated heterocycles. The van der Waals surface area contributed by atoms with Crippen molar-refractivity contribution in [3.63, 3.8) is 0 Å². The van der Waals surface area contributed by atoms with Crippen LogP contribution in [0.1, 0.15) is 213 Å². The number of carbonyl (C=O) groups is 1. The fraction of sp³-hybridized carbons (Fsp3) is 0.863. The Labute approximate surface area is 377 Å². The molecule has 62 heavy (non-hydrogen) atoms. The molecule has 0 aromatic carbocycles. The van der Waals surface area contributed by atoms with Crippen LogP contribution >= 0.6 is 0 Å². The molecule has 0 aromatic heterocycles. The fourth-order valence-corrected chi connectivity index (χ4v) is 7.94. The van der Waals surface area contributed by atoms with Gasteiger partial charge in [0.2, 0.25) is 5.91 Å². The summed E-state index contributed by atoms with van der Waals surface area (Å²) >= 11 is 0. The molecule has 1 rings (SSSR count). The van der Waals surface area contributed by atoms with Gasteiger partial charge in [-0.25, -0.2) is 0 Å². The van der Waals surface area contributed by atoms with E-state index in [4.69, 9.17) is 9.47 Å². The van der Waals surface area contributed by atoms with Gasteiger partial charge in [0.15, 0.2) is 6.29 Å². The molecule has 11 nitrogen and oxygen atoms in total. The zero-order chi connectivity index (χ0) is 45.5. The average molecular weight is 882 g/mol. The highest BCUT2D eigenvalue weighted by Gasteiger charge is 2.44. The monoisotopic (exact) mass is 882 g/mol. The fourth-order valence-electron chi connectivity index (χ4n) is 7.94. The van der Waals surface area contributed by atoms with Gasteiger partial charge in [0.1, 0.15) is 36.6 Å². The van der Waals surface area contributed by atoms with Crippen molar-refractivity contribution in [1.82, 2.24) is 5.32 Å². The van der Waals surface area contributed by atoms with E-state index in [2.05, 4.69) is 55.6 Å². The number of nitrogens with one attached hydrogen (secondary N) is 1. The van der Waals surface area contributed by atoms with Crippen LogP contribution in [0.3, 0.4) is 0 Å². The van der Waals surface area contributed by atoms with Crippen LogP contribution in [-0.2, 0) is 14.3 Å². The number of carbonyl (C=O) groups excluding carboxylic acids is 1. The summed E-state index contributed by atoms with van der Waals surface area (Å²) in [6.45, 7) is 3.42. The number of aliphatic hydroxyl groups excluding tert-OH is 7. The highest BCUT2D eigenvalue weighted by atomic mass is 16.7. The molecule has 1 amide bonds. The Hall–Kier alpha value is -1.67. The molecule has 9 atom stereocenters. The van der Waals surface area contributed by atoms with E-state index >= 15 is 0 Å². The van der Waals surface area contributed by atoms with Crippen molar-refractivity contribution in [3.05, 3.63) is 36.5 Å². The molecule has 0 saturated carbocycles. The van der Waals surface area contributed by atoms with Crippen molar-refractivity contribution in [2.24, 2.45) is 0 Å². The van der Waals surface area contributed by atoms with E-state index < -0.39 is 74.2 Å². The van der Waals surface area contributed by atoms with Gasteiger partial charge in [-0.05, 0) is 64.2 Å². The van der Waals surface area contributed by atoms with Crippen LogP contribution in [0.15, 0.2) is 36.5 Å². The molecule has 8 N–H and O–H groups in total. The minimum absolute atomic E-state index is 0.242. The van der Waals surface area contributed by atoms with Crippen LogP contribution in [0.5, 0.6) is 0 Å². The van der Waals surface area contributed by atoms with E-state index in [9.17, 15) is 40.5 Å². The summed E-state index contributed by atoms with van der Waals surface area (Å²) in [5, 5.41) is 75.8. The van der Waals surface area contributed by atoms with Gasteiger partial charge >= 0.3 is 0 Å². The third-order valence-electron chi connectivity index (χ3n) is 12.2. The quantitative estimate of drug-likeness (QED) is 0.0217. The molecule has 0 aliphatic carbocycles. The number of aliphatic hydroxyl groups is 7. The van der Waals surface area contributed by atoms with E-state index in [1.165, 1.54) is 122 Å². The SMILES string of the molecule is CCCCCCCCCC/C=C/CC/C=C/CC/C=C/CCCC(O)C(O)C(COC1OC(CO)C(O)C(O)C1O)NC(=O)C(O)CCCCCCCCCCCCCCCC. The third-order valence-corrected chi connectivity index (χ3v) is 12.2. The van der Waals surface area contributed by atoms with Crippen LogP contribution in [-0.4, -0.2) is 110 Å². The Kier molecular flexibility index (Phi) is 38.4. The molecule has 0 spiro atoms. The van der Waals surface area contributed by atoms with Crippen molar-refractivity contribution in [1.29, 1.82) is 0 Å². The second-order valence-electron chi connectivity index (χ2n) is 17.9. The summed E-state index contributed by atoms with van der Waals surface area (Å²) in [5.41, 5.74) is 0. The van der Waals surface area contributed by atoms with Crippen molar-refractivity contribution in [2.75, 3.05) is 13.2 Å². The summed E-state index contributed by atoms with van der Waals surface area (Å²) in [4.78, 5) is 13.1. The van der Waals surface area contributed by atoms with Crippen molar-refractivity contribution >= 4 is 5.91 Å².